The van der Waals surface area contributed by atoms with E-state index in [9.17, 15) is 14.3 Å². The number of hydrogen-bond acceptors (Lipinski definition) is 4. The van der Waals surface area contributed by atoms with Crippen molar-refractivity contribution in [2.75, 3.05) is 24.7 Å². The Labute approximate surface area is 104 Å². The minimum Gasteiger partial charge on any atom is -0.392 e. The molecule has 1 aliphatic heterocycles. The summed E-state index contributed by atoms with van der Waals surface area (Å²) >= 11 is 0. The Morgan fingerprint density at radius 3 is 3.06 bits per heavy atom. The lowest BCUT2D eigenvalue weighted by Crippen LogP contribution is -2.53. The number of aliphatic hydroxyl groups excluding tert-OH is 1. The number of amides is 1. The molecule has 1 amide bonds. The predicted molar refractivity (Wildman–Crippen MR) is 63.5 cm³/mol. The number of carbonyl (C=O) groups excluding carboxylic acids is 1. The molecule has 1 unspecified atom stereocenters. The number of benzene rings is 1. The maximum Gasteiger partial charge on any atom is 0.242 e. The zero-order valence-corrected chi connectivity index (χ0v) is 9.80. The highest BCUT2D eigenvalue weighted by Gasteiger charge is 2.30. The van der Waals surface area contributed by atoms with Gasteiger partial charge in [0.1, 0.15) is 11.9 Å². The first kappa shape index (κ1) is 12.8. The average Bonchev–Trinajstić information content (AvgIpc) is 2.38. The maximum absolute atomic E-state index is 13.9. The van der Waals surface area contributed by atoms with Crippen LogP contribution in [0, 0.1) is 5.82 Å². The van der Waals surface area contributed by atoms with Gasteiger partial charge in [-0.15, -0.1) is 0 Å². The zero-order chi connectivity index (χ0) is 13.1. The fraction of sp³-hybridized carbons (Fsp3) is 0.417. The van der Waals surface area contributed by atoms with Gasteiger partial charge in [-0.05, 0) is 6.07 Å². The fourth-order valence-corrected chi connectivity index (χ4v) is 2.12. The summed E-state index contributed by atoms with van der Waals surface area (Å²) < 4.78 is 19.1. The number of hydrogen-bond donors (Lipinski definition) is 2. The summed E-state index contributed by atoms with van der Waals surface area (Å²) in [5, 5.41) is 9.26. The smallest absolute Gasteiger partial charge is 0.242 e. The topological polar surface area (TPSA) is 75.8 Å². The number of rotatable bonds is 3. The van der Waals surface area contributed by atoms with Crippen LogP contribution in [-0.4, -0.2) is 36.8 Å². The number of morpholine rings is 1. The Morgan fingerprint density at radius 1 is 1.61 bits per heavy atom. The van der Waals surface area contributed by atoms with Gasteiger partial charge in [0.25, 0.3) is 0 Å². The molecule has 1 aromatic rings. The van der Waals surface area contributed by atoms with E-state index in [1.54, 1.807) is 11.0 Å². The quantitative estimate of drug-likeness (QED) is 0.796. The lowest BCUT2D eigenvalue weighted by Gasteiger charge is -2.36. The number of nitrogens with zero attached hydrogens (tertiary/aromatic N) is 1. The van der Waals surface area contributed by atoms with E-state index in [4.69, 9.17) is 10.5 Å². The van der Waals surface area contributed by atoms with E-state index in [1.165, 1.54) is 12.1 Å². The Morgan fingerprint density at radius 2 is 2.39 bits per heavy atom. The summed E-state index contributed by atoms with van der Waals surface area (Å²) in [6.07, 6.45) is 0. The highest BCUT2D eigenvalue weighted by atomic mass is 19.1. The molecule has 18 heavy (non-hydrogen) atoms. The Bertz CT molecular complexity index is 453. The molecule has 1 fully saturated rings. The van der Waals surface area contributed by atoms with Crippen LogP contribution in [0.5, 0.6) is 0 Å². The molecule has 1 aliphatic rings. The van der Waals surface area contributed by atoms with Gasteiger partial charge in [-0.1, -0.05) is 12.1 Å². The van der Waals surface area contributed by atoms with Crippen LogP contribution in [0.25, 0.3) is 0 Å². The molecule has 0 aromatic heterocycles. The molecule has 98 valence electrons. The molecule has 0 aliphatic carbocycles. The summed E-state index contributed by atoms with van der Waals surface area (Å²) in [6, 6.07) is 3.72. The number of carbonyl (C=O) groups is 1. The lowest BCUT2D eigenvalue weighted by molar-refractivity contribution is -0.121. The van der Waals surface area contributed by atoms with E-state index in [0.717, 1.165) is 0 Å². The molecular weight excluding hydrogens is 239 g/mol. The summed E-state index contributed by atoms with van der Waals surface area (Å²) in [6.45, 7) is 0.592. The lowest BCUT2D eigenvalue weighted by atomic mass is 10.1. The Hall–Kier alpha value is -1.66. The van der Waals surface area contributed by atoms with Crippen molar-refractivity contribution in [3.05, 3.63) is 29.6 Å². The molecule has 5 nitrogen and oxygen atoms in total. The van der Waals surface area contributed by atoms with Crippen molar-refractivity contribution in [3.63, 3.8) is 0 Å². The van der Waals surface area contributed by atoms with Crippen LogP contribution in [0.15, 0.2) is 18.2 Å². The first-order chi connectivity index (χ1) is 8.65. The van der Waals surface area contributed by atoms with E-state index in [1.807, 2.05) is 0 Å². The second-order valence-electron chi connectivity index (χ2n) is 4.09. The third-order valence-electron chi connectivity index (χ3n) is 2.98. The minimum absolute atomic E-state index is 0.133. The largest absolute Gasteiger partial charge is 0.392 e. The fourth-order valence-electron chi connectivity index (χ4n) is 2.12. The maximum atomic E-state index is 13.9. The highest BCUT2D eigenvalue weighted by Crippen LogP contribution is 2.27. The van der Waals surface area contributed by atoms with Crippen LogP contribution in [-0.2, 0) is 16.1 Å². The van der Waals surface area contributed by atoms with Crippen molar-refractivity contribution in [3.8, 4) is 0 Å². The summed E-state index contributed by atoms with van der Waals surface area (Å²) in [5.41, 5.74) is 5.95. The molecule has 0 spiro atoms. The van der Waals surface area contributed by atoms with Gasteiger partial charge >= 0.3 is 0 Å². The molecule has 1 heterocycles. The summed E-state index contributed by atoms with van der Waals surface area (Å²) in [7, 11) is 0. The van der Waals surface area contributed by atoms with Crippen LogP contribution < -0.4 is 10.6 Å². The van der Waals surface area contributed by atoms with Gasteiger partial charge in [0, 0.05) is 12.1 Å². The average molecular weight is 254 g/mol. The predicted octanol–water partition coefficient (Wildman–Crippen LogP) is 0.00850. The minimum atomic E-state index is -0.707. The van der Waals surface area contributed by atoms with E-state index in [2.05, 4.69) is 0 Å². The van der Waals surface area contributed by atoms with Crippen LogP contribution in [0.3, 0.4) is 0 Å². The van der Waals surface area contributed by atoms with Crippen molar-refractivity contribution in [2.45, 2.75) is 12.6 Å². The van der Waals surface area contributed by atoms with Gasteiger partial charge in [0.05, 0.1) is 25.5 Å². The number of ether oxygens (including phenoxy) is 1. The second-order valence-corrected chi connectivity index (χ2v) is 4.09. The monoisotopic (exact) mass is 254 g/mol. The molecule has 1 atom stereocenters. The normalized spacial score (nSPS) is 19.9. The van der Waals surface area contributed by atoms with Gasteiger partial charge in [-0.2, -0.15) is 0 Å². The standard InChI is InChI=1S/C12H15FN2O3/c13-9-3-1-2-8(6-16)11(9)15-4-5-18-7-10(15)12(14)17/h1-3,10,16H,4-7H2,(H2,14,17). The van der Waals surface area contributed by atoms with Crippen molar-refractivity contribution in [2.24, 2.45) is 5.73 Å². The van der Waals surface area contributed by atoms with Crippen LogP contribution in [0.2, 0.25) is 0 Å². The van der Waals surface area contributed by atoms with Gasteiger partial charge in [0.15, 0.2) is 0 Å². The highest BCUT2D eigenvalue weighted by molar-refractivity contribution is 5.84. The van der Waals surface area contributed by atoms with Crippen LogP contribution in [0.1, 0.15) is 5.56 Å². The first-order valence-corrected chi connectivity index (χ1v) is 5.67. The molecule has 1 saturated heterocycles. The number of primary amides is 1. The molecule has 3 N–H and O–H groups in total. The summed E-state index contributed by atoms with van der Waals surface area (Å²) in [5.74, 6) is -1.04. The number of nitrogens with two attached hydrogens (primary N) is 1. The van der Waals surface area contributed by atoms with Crippen molar-refractivity contribution >= 4 is 11.6 Å². The van der Waals surface area contributed by atoms with E-state index in [0.29, 0.717) is 18.7 Å². The number of anilines is 1. The zero-order valence-electron chi connectivity index (χ0n) is 9.80. The van der Waals surface area contributed by atoms with Crippen molar-refractivity contribution in [1.82, 2.24) is 0 Å². The van der Waals surface area contributed by atoms with Gasteiger partial charge in [-0.3, -0.25) is 4.79 Å². The molecule has 2 rings (SSSR count). The van der Waals surface area contributed by atoms with E-state index < -0.39 is 17.8 Å². The van der Waals surface area contributed by atoms with Crippen LogP contribution >= 0.6 is 0 Å². The third-order valence-corrected chi connectivity index (χ3v) is 2.98. The number of para-hydroxylation sites is 1. The molecule has 0 saturated carbocycles. The second kappa shape index (κ2) is 5.32. The van der Waals surface area contributed by atoms with Crippen molar-refractivity contribution in [1.29, 1.82) is 0 Å². The molecule has 0 radical (unpaired) electrons. The van der Waals surface area contributed by atoms with Crippen LogP contribution in [0.4, 0.5) is 10.1 Å². The summed E-state index contributed by atoms with van der Waals surface area (Å²) in [4.78, 5) is 12.9. The molecule has 6 heteroatoms. The Kier molecular flexibility index (Phi) is 3.78. The SMILES string of the molecule is NC(=O)C1COCCN1c1c(F)cccc1CO. The number of halogens is 1. The van der Waals surface area contributed by atoms with Crippen molar-refractivity contribution < 1.29 is 19.0 Å². The Balaban J connectivity index is 2.42. The molecule has 1 aromatic carbocycles. The number of aliphatic hydroxyl groups is 1. The van der Waals surface area contributed by atoms with E-state index >= 15 is 0 Å². The van der Waals surface area contributed by atoms with Gasteiger partial charge < -0.3 is 20.5 Å². The third kappa shape index (κ3) is 2.30. The first-order valence-electron chi connectivity index (χ1n) is 5.67. The van der Waals surface area contributed by atoms with Gasteiger partial charge in [0.2, 0.25) is 5.91 Å². The molecular formula is C12H15FN2O3. The van der Waals surface area contributed by atoms with Gasteiger partial charge in [-0.25, -0.2) is 4.39 Å². The molecule has 0 bridgehead atoms. The van der Waals surface area contributed by atoms with E-state index in [-0.39, 0.29) is 18.9 Å².